The summed E-state index contributed by atoms with van der Waals surface area (Å²) in [5, 5.41) is 7.12. The minimum absolute atomic E-state index is 0.0158. The Balaban J connectivity index is 1.90. The summed E-state index contributed by atoms with van der Waals surface area (Å²) in [7, 11) is 1.74. The number of nitrogens with one attached hydrogen (secondary N) is 1. The number of amides is 2. The number of nitrogen functional groups attached to an aromatic ring is 1. The van der Waals surface area contributed by atoms with Gasteiger partial charge in [-0.3, -0.25) is 14.3 Å². The van der Waals surface area contributed by atoms with Gasteiger partial charge in [0.15, 0.2) is 5.69 Å². The summed E-state index contributed by atoms with van der Waals surface area (Å²) in [6.45, 7) is 4.96. The second-order valence-electron chi connectivity index (χ2n) is 5.84. The number of likely N-dealkylation sites (tertiary alicyclic amines) is 1. The lowest BCUT2D eigenvalue weighted by atomic mass is 10.0. The number of nitrogens with two attached hydrogens (primary N) is 1. The first-order valence-electron chi connectivity index (χ1n) is 7.27. The number of nitrogens with zero attached hydrogens (tertiary/aromatic N) is 3. The Morgan fingerprint density at radius 2 is 2.00 bits per heavy atom. The molecular weight excluding hydrogens is 270 g/mol. The molecule has 0 bridgehead atoms. The number of aromatic nitrogens is 2. The van der Waals surface area contributed by atoms with Crippen molar-refractivity contribution in [3.05, 3.63) is 11.9 Å². The number of hydrogen-bond acceptors (Lipinski definition) is 4. The predicted molar refractivity (Wildman–Crippen MR) is 79.5 cm³/mol. The summed E-state index contributed by atoms with van der Waals surface area (Å²) in [5.41, 5.74) is 6.50. The van der Waals surface area contributed by atoms with E-state index in [2.05, 4.69) is 10.4 Å². The molecule has 1 aromatic heterocycles. The molecule has 0 aromatic carbocycles. The number of piperidine rings is 1. The lowest BCUT2D eigenvalue weighted by molar-refractivity contribution is -0.124. The van der Waals surface area contributed by atoms with E-state index in [1.807, 2.05) is 13.8 Å². The van der Waals surface area contributed by atoms with Gasteiger partial charge in [0.05, 0.1) is 5.69 Å². The van der Waals surface area contributed by atoms with Crippen molar-refractivity contribution < 1.29 is 9.59 Å². The standard InChI is InChI=1S/C14H23N5O2/c1-9(2)13(20)16-10-4-6-19(7-5-10)14(21)12-11(15)8-18(3)17-12/h8-10H,4-7,15H2,1-3H3,(H,16,20). The summed E-state index contributed by atoms with van der Waals surface area (Å²) >= 11 is 0. The van der Waals surface area contributed by atoms with Gasteiger partial charge in [0.2, 0.25) is 5.91 Å². The Morgan fingerprint density at radius 3 is 2.48 bits per heavy atom. The average molecular weight is 293 g/mol. The summed E-state index contributed by atoms with van der Waals surface area (Å²) in [6.07, 6.45) is 3.15. The van der Waals surface area contributed by atoms with E-state index in [-0.39, 0.29) is 23.8 Å². The first-order valence-corrected chi connectivity index (χ1v) is 7.27. The fourth-order valence-corrected chi connectivity index (χ4v) is 2.42. The third kappa shape index (κ3) is 3.53. The van der Waals surface area contributed by atoms with Crippen molar-refractivity contribution in [2.45, 2.75) is 32.7 Å². The topological polar surface area (TPSA) is 93.2 Å². The molecule has 0 aliphatic carbocycles. The molecule has 2 amide bonds. The van der Waals surface area contributed by atoms with Gasteiger partial charge in [-0.15, -0.1) is 0 Å². The second kappa shape index (κ2) is 6.15. The lowest BCUT2D eigenvalue weighted by Gasteiger charge is -2.32. The van der Waals surface area contributed by atoms with E-state index in [1.165, 1.54) is 4.68 Å². The molecule has 7 heteroatoms. The molecule has 0 atom stereocenters. The third-order valence-corrected chi connectivity index (χ3v) is 3.71. The normalized spacial score (nSPS) is 16.3. The van der Waals surface area contributed by atoms with Gasteiger partial charge >= 0.3 is 0 Å². The molecule has 2 rings (SSSR count). The van der Waals surface area contributed by atoms with Crippen LogP contribution in [0, 0.1) is 5.92 Å². The van der Waals surface area contributed by atoms with Gasteiger partial charge in [-0.1, -0.05) is 13.8 Å². The second-order valence-corrected chi connectivity index (χ2v) is 5.84. The monoisotopic (exact) mass is 293 g/mol. The van der Waals surface area contributed by atoms with Crippen LogP contribution in [0.2, 0.25) is 0 Å². The van der Waals surface area contributed by atoms with E-state index in [0.29, 0.717) is 24.5 Å². The Labute approximate surface area is 124 Å². The quantitative estimate of drug-likeness (QED) is 0.842. The van der Waals surface area contributed by atoms with Crippen LogP contribution in [-0.2, 0) is 11.8 Å². The van der Waals surface area contributed by atoms with Crippen LogP contribution in [0.4, 0.5) is 5.69 Å². The zero-order valence-corrected chi connectivity index (χ0v) is 12.8. The van der Waals surface area contributed by atoms with Gasteiger partial charge in [-0.05, 0) is 12.8 Å². The molecule has 1 aliphatic heterocycles. The molecule has 0 saturated carbocycles. The highest BCUT2D eigenvalue weighted by molar-refractivity contribution is 5.97. The van der Waals surface area contributed by atoms with Crippen molar-refractivity contribution in [3.63, 3.8) is 0 Å². The fraction of sp³-hybridized carbons (Fsp3) is 0.643. The van der Waals surface area contributed by atoms with Gasteiger partial charge < -0.3 is 16.0 Å². The van der Waals surface area contributed by atoms with E-state index in [4.69, 9.17) is 5.73 Å². The SMILES string of the molecule is CC(C)C(=O)NC1CCN(C(=O)c2nn(C)cc2N)CC1. The minimum Gasteiger partial charge on any atom is -0.396 e. The van der Waals surface area contributed by atoms with E-state index in [9.17, 15) is 9.59 Å². The maximum absolute atomic E-state index is 12.4. The molecule has 0 radical (unpaired) electrons. The fourth-order valence-electron chi connectivity index (χ4n) is 2.42. The van der Waals surface area contributed by atoms with Crippen molar-refractivity contribution in [2.75, 3.05) is 18.8 Å². The molecular formula is C14H23N5O2. The maximum Gasteiger partial charge on any atom is 0.276 e. The number of carbonyl (C=O) groups is 2. The van der Waals surface area contributed by atoms with E-state index in [0.717, 1.165) is 12.8 Å². The van der Waals surface area contributed by atoms with Gasteiger partial charge in [-0.25, -0.2) is 0 Å². The third-order valence-electron chi connectivity index (χ3n) is 3.71. The molecule has 7 nitrogen and oxygen atoms in total. The number of carbonyl (C=O) groups excluding carboxylic acids is 2. The van der Waals surface area contributed by atoms with Gasteiger partial charge in [-0.2, -0.15) is 5.10 Å². The van der Waals surface area contributed by atoms with Gasteiger partial charge in [0, 0.05) is 38.3 Å². The van der Waals surface area contributed by atoms with Crippen LogP contribution in [0.15, 0.2) is 6.20 Å². The maximum atomic E-state index is 12.4. The number of aryl methyl sites for hydroxylation is 1. The highest BCUT2D eigenvalue weighted by Gasteiger charge is 2.27. The molecule has 2 heterocycles. The van der Waals surface area contributed by atoms with E-state index in [1.54, 1.807) is 18.1 Å². The van der Waals surface area contributed by atoms with Crippen molar-refractivity contribution in [3.8, 4) is 0 Å². The number of rotatable bonds is 3. The van der Waals surface area contributed by atoms with Crippen molar-refractivity contribution >= 4 is 17.5 Å². The first kappa shape index (κ1) is 15.3. The average Bonchev–Trinajstić information content (AvgIpc) is 2.77. The largest absolute Gasteiger partial charge is 0.396 e. The Hall–Kier alpha value is -2.05. The van der Waals surface area contributed by atoms with Crippen LogP contribution >= 0.6 is 0 Å². The zero-order valence-electron chi connectivity index (χ0n) is 12.8. The summed E-state index contributed by atoms with van der Waals surface area (Å²) < 4.78 is 1.54. The van der Waals surface area contributed by atoms with Gasteiger partial charge in [0.1, 0.15) is 0 Å². The van der Waals surface area contributed by atoms with E-state index < -0.39 is 0 Å². The van der Waals surface area contributed by atoms with Crippen LogP contribution in [0.3, 0.4) is 0 Å². The molecule has 1 aliphatic rings. The van der Waals surface area contributed by atoms with Crippen LogP contribution in [0.5, 0.6) is 0 Å². The molecule has 3 N–H and O–H groups in total. The Morgan fingerprint density at radius 1 is 1.38 bits per heavy atom. The van der Waals surface area contributed by atoms with Crippen molar-refractivity contribution in [1.29, 1.82) is 0 Å². The predicted octanol–water partition coefficient (Wildman–Crippen LogP) is 0.379. The summed E-state index contributed by atoms with van der Waals surface area (Å²) in [5.74, 6) is -0.0894. The van der Waals surface area contributed by atoms with Crippen LogP contribution in [0.1, 0.15) is 37.2 Å². The smallest absolute Gasteiger partial charge is 0.276 e. The lowest BCUT2D eigenvalue weighted by Crippen LogP contribution is -2.47. The molecule has 1 saturated heterocycles. The van der Waals surface area contributed by atoms with Crippen molar-refractivity contribution in [2.24, 2.45) is 13.0 Å². The molecule has 0 spiro atoms. The molecule has 0 unspecified atom stereocenters. The van der Waals surface area contributed by atoms with E-state index >= 15 is 0 Å². The number of anilines is 1. The summed E-state index contributed by atoms with van der Waals surface area (Å²) in [4.78, 5) is 25.8. The highest BCUT2D eigenvalue weighted by Crippen LogP contribution is 2.17. The molecule has 1 fully saturated rings. The zero-order chi connectivity index (χ0) is 15.6. The van der Waals surface area contributed by atoms with Gasteiger partial charge in [0.25, 0.3) is 5.91 Å². The van der Waals surface area contributed by atoms with Crippen molar-refractivity contribution in [1.82, 2.24) is 20.0 Å². The number of hydrogen-bond donors (Lipinski definition) is 2. The Bertz CT molecular complexity index is 529. The van der Waals surface area contributed by atoms with Crippen LogP contribution < -0.4 is 11.1 Å². The van der Waals surface area contributed by atoms with Crippen LogP contribution in [-0.4, -0.2) is 45.6 Å². The molecule has 21 heavy (non-hydrogen) atoms. The minimum atomic E-state index is -0.137. The molecule has 116 valence electrons. The summed E-state index contributed by atoms with van der Waals surface area (Å²) in [6, 6.07) is 0.144. The Kier molecular flexibility index (Phi) is 4.50. The highest BCUT2D eigenvalue weighted by atomic mass is 16.2. The van der Waals surface area contributed by atoms with Crippen LogP contribution in [0.25, 0.3) is 0 Å². The molecule has 1 aromatic rings. The first-order chi connectivity index (χ1) is 9.88.